The maximum absolute atomic E-state index is 12.8. The first-order valence-electron chi connectivity index (χ1n) is 8.52. The van der Waals surface area contributed by atoms with E-state index in [0.29, 0.717) is 12.5 Å². The molecule has 1 aliphatic rings. The van der Waals surface area contributed by atoms with Crippen molar-refractivity contribution in [1.82, 2.24) is 9.88 Å². The molecular weight excluding hydrogens is 348 g/mol. The topological polar surface area (TPSA) is 33.2 Å². The van der Waals surface area contributed by atoms with E-state index in [0.717, 1.165) is 35.7 Å². The van der Waals surface area contributed by atoms with Crippen molar-refractivity contribution in [2.45, 2.75) is 38.8 Å². The second-order valence-electron chi connectivity index (χ2n) is 6.52. The van der Waals surface area contributed by atoms with E-state index >= 15 is 0 Å². The van der Waals surface area contributed by atoms with Crippen LogP contribution >= 0.6 is 22.7 Å². The number of carbonyl (C=O) groups is 1. The van der Waals surface area contributed by atoms with E-state index in [1.807, 2.05) is 22.4 Å². The Kier molecular flexibility index (Phi) is 4.68. The monoisotopic (exact) mass is 368 g/mol. The number of benzene rings is 1. The zero-order valence-corrected chi connectivity index (χ0v) is 15.8. The minimum atomic E-state index is 0.192. The summed E-state index contributed by atoms with van der Waals surface area (Å²) >= 11 is 3.33. The molecule has 0 N–H and O–H groups in total. The van der Waals surface area contributed by atoms with Crippen LogP contribution in [0.3, 0.4) is 0 Å². The zero-order chi connectivity index (χ0) is 17.2. The highest BCUT2D eigenvalue weighted by molar-refractivity contribution is 7.13. The zero-order valence-electron chi connectivity index (χ0n) is 14.1. The van der Waals surface area contributed by atoms with Gasteiger partial charge in [-0.3, -0.25) is 4.79 Å². The minimum Gasteiger partial charge on any atom is -0.334 e. The average molecular weight is 369 g/mol. The lowest BCUT2D eigenvalue weighted by atomic mass is 10.1. The molecular formula is C20H20N2OS2. The van der Waals surface area contributed by atoms with Crippen LogP contribution in [0.4, 0.5) is 0 Å². The summed E-state index contributed by atoms with van der Waals surface area (Å²) in [6, 6.07) is 12.9. The molecule has 0 saturated heterocycles. The van der Waals surface area contributed by atoms with Crippen LogP contribution in [0, 0.1) is 6.92 Å². The van der Waals surface area contributed by atoms with E-state index in [-0.39, 0.29) is 5.91 Å². The molecule has 0 unspecified atom stereocenters. The molecule has 4 rings (SSSR count). The molecule has 0 aliphatic heterocycles. The molecule has 5 heteroatoms. The number of thiazole rings is 1. The van der Waals surface area contributed by atoms with Gasteiger partial charge in [0.05, 0.1) is 18.7 Å². The third-order valence-corrected chi connectivity index (χ3v) is 6.16. The summed E-state index contributed by atoms with van der Waals surface area (Å²) in [6.45, 7) is 2.82. The Morgan fingerprint density at radius 3 is 2.84 bits per heavy atom. The van der Waals surface area contributed by atoms with Gasteiger partial charge in [-0.05, 0) is 37.3 Å². The maximum Gasteiger partial charge on any atom is 0.229 e. The smallest absolute Gasteiger partial charge is 0.229 e. The van der Waals surface area contributed by atoms with Crippen molar-refractivity contribution in [3.63, 3.8) is 0 Å². The number of aromatic nitrogens is 1. The average Bonchev–Trinajstić information content (AvgIpc) is 3.11. The fourth-order valence-electron chi connectivity index (χ4n) is 2.93. The van der Waals surface area contributed by atoms with Gasteiger partial charge in [-0.2, -0.15) is 0 Å². The first-order valence-corrected chi connectivity index (χ1v) is 10.3. The number of thiophene rings is 1. The number of amides is 1. The van der Waals surface area contributed by atoms with Crippen LogP contribution in [0.2, 0.25) is 0 Å². The molecule has 0 atom stereocenters. The van der Waals surface area contributed by atoms with E-state index in [2.05, 4.69) is 36.6 Å². The highest BCUT2D eigenvalue weighted by Gasteiger charge is 2.32. The Balaban J connectivity index is 1.46. The lowest BCUT2D eigenvalue weighted by molar-refractivity contribution is -0.131. The fraction of sp³-hybridized carbons (Fsp3) is 0.300. The highest BCUT2D eigenvalue weighted by Crippen LogP contribution is 2.30. The number of hydrogen-bond donors (Lipinski definition) is 0. The van der Waals surface area contributed by atoms with E-state index in [4.69, 9.17) is 4.98 Å². The predicted octanol–water partition coefficient (Wildman–Crippen LogP) is 4.91. The molecule has 25 heavy (non-hydrogen) atoms. The number of nitrogens with zero attached hydrogens (tertiary/aromatic N) is 2. The van der Waals surface area contributed by atoms with E-state index in [1.165, 1.54) is 10.4 Å². The normalized spacial score (nSPS) is 13.8. The largest absolute Gasteiger partial charge is 0.334 e. The van der Waals surface area contributed by atoms with Crippen LogP contribution in [-0.4, -0.2) is 21.8 Å². The van der Waals surface area contributed by atoms with E-state index in [9.17, 15) is 4.79 Å². The Morgan fingerprint density at radius 1 is 1.24 bits per heavy atom. The van der Waals surface area contributed by atoms with Crippen LogP contribution < -0.4 is 0 Å². The summed E-state index contributed by atoms with van der Waals surface area (Å²) in [5.74, 6) is 0.192. The Morgan fingerprint density at radius 2 is 2.12 bits per heavy atom. The third kappa shape index (κ3) is 3.99. The molecule has 0 radical (unpaired) electrons. The Hall–Kier alpha value is -1.98. The summed E-state index contributed by atoms with van der Waals surface area (Å²) in [5, 5.41) is 5.08. The van der Waals surface area contributed by atoms with Gasteiger partial charge in [-0.15, -0.1) is 22.7 Å². The molecule has 1 aliphatic carbocycles. The summed E-state index contributed by atoms with van der Waals surface area (Å²) in [5.41, 5.74) is 3.23. The van der Waals surface area contributed by atoms with Crippen molar-refractivity contribution >= 4 is 28.6 Å². The van der Waals surface area contributed by atoms with Crippen LogP contribution in [-0.2, 0) is 17.8 Å². The number of carbonyl (C=O) groups excluding carboxylic acids is 1. The molecule has 3 nitrogen and oxygen atoms in total. The molecule has 2 heterocycles. The lowest BCUT2D eigenvalue weighted by Crippen LogP contribution is -2.33. The van der Waals surface area contributed by atoms with Gasteiger partial charge in [0.25, 0.3) is 0 Å². The van der Waals surface area contributed by atoms with E-state index < -0.39 is 0 Å². The summed E-state index contributed by atoms with van der Waals surface area (Å²) < 4.78 is 0. The SMILES string of the molecule is Cc1cccc(-c2nc(CC(=O)N(Cc3cccs3)C3CC3)cs2)c1. The second-order valence-corrected chi connectivity index (χ2v) is 8.41. The standard InChI is InChI=1S/C20H20N2OS2/c1-14-4-2-5-15(10-14)20-21-16(13-25-20)11-19(23)22(17-7-8-17)12-18-6-3-9-24-18/h2-6,9-10,13,17H,7-8,11-12H2,1H3. The van der Waals surface area contributed by atoms with Gasteiger partial charge in [-0.1, -0.05) is 29.8 Å². The Bertz CT molecular complexity index is 865. The number of aryl methyl sites for hydroxylation is 1. The maximum atomic E-state index is 12.8. The summed E-state index contributed by atoms with van der Waals surface area (Å²) in [7, 11) is 0. The molecule has 0 spiro atoms. The molecule has 2 aromatic heterocycles. The minimum absolute atomic E-state index is 0.192. The molecule has 1 aromatic carbocycles. The van der Waals surface area contributed by atoms with Crippen LogP contribution in [0.25, 0.3) is 10.6 Å². The van der Waals surface area contributed by atoms with Gasteiger partial charge in [0.2, 0.25) is 5.91 Å². The van der Waals surface area contributed by atoms with Crippen LogP contribution in [0.15, 0.2) is 47.2 Å². The molecule has 1 fully saturated rings. The van der Waals surface area contributed by atoms with Gasteiger partial charge in [0, 0.05) is 21.9 Å². The molecule has 3 aromatic rings. The van der Waals surface area contributed by atoms with Crippen molar-refractivity contribution in [1.29, 1.82) is 0 Å². The molecule has 1 amide bonds. The first-order chi connectivity index (χ1) is 12.2. The fourth-order valence-corrected chi connectivity index (χ4v) is 4.45. The second kappa shape index (κ2) is 7.10. The van der Waals surface area contributed by atoms with Gasteiger partial charge in [0.1, 0.15) is 5.01 Å². The first kappa shape index (κ1) is 16.5. The lowest BCUT2D eigenvalue weighted by Gasteiger charge is -2.21. The number of hydrogen-bond acceptors (Lipinski definition) is 4. The van der Waals surface area contributed by atoms with Crippen molar-refractivity contribution < 1.29 is 4.79 Å². The van der Waals surface area contributed by atoms with Crippen LogP contribution in [0.5, 0.6) is 0 Å². The van der Waals surface area contributed by atoms with Crippen LogP contribution in [0.1, 0.15) is 29.0 Å². The quantitative estimate of drug-likeness (QED) is 0.619. The van der Waals surface area contributed by atoms with Gasteiger partial charge < -0.3 is 4.90 Å². The third-order valence-electron chi connectivity index (χ3n) is 4.36. The van der Waals surface area contributed by atoms with Gasteiger partial charge >= 0.3 is 0 Å². The Labute approximate surface area is 156 Å². The van der Waals surface area contributed by atoms with Crippen molar-refractivity contribution in [2.24, 2.45) is 0 Å². The van der Waals surface area contributed by atoms with Crippen molar-refractivity contribution in [3.8, 4) is 10.6 Å². The van der Waals surface area contributed by atoms with Crippen molar-refractivity contribution in [3.05, 3.63) is 63.3 Å². The van der Waals surface area contributed by atoms with E-state index in [1.54, 1.807) is 22.7 Å². The van der Waals surface area contributed by atoms with Crippen molar-refractivity contribution in [2.75, 3.05) is 0 Å². The predicted molar refractivity (Wildman–Crippen MR) is 104 cm³/mol. The summed E-state index contributed by atoms with van der Waals surface area (Å²) in [4.78, 5) is 20.8. The van der Waals surface area contributed by atoms with Gasteiger partial charge in [-0.25, -0.2) is 4.98 Å². The summed E-state index contributed by atoms with van der Waals surface area (Å²) in [6.07, 6.45) is 2.65. The highest BCUT2D eigenvalue weighted by atomic mass is 32.1. The molecule has 0 bridgehead atoms. The number of rotatable bonds is 6. The van der Waals surface area contributed by atoms with Gasteiger partial charge in [0.15, 0.2) is 0 Å². The molecule has 128 valence electrons. The molecule has 1 saturated carbocycles.